The molecule has 1 amide bonds. The van der Waals surface area contributed by atoms with Crippen molar-refractivity contribution >= 4 is 56.6 Å². The molecule has 0 aliphatic carbocycles. The van der Waals surface area contributed by atoms with Gasteiger partial charge in [-0.2, -0.15) is 0 Å². The van der Waals surface area contributed by atoms with Crippen molar-refractivity contribution in [1.29, 1.82) is 0 Å². The number of carbonyl (C=O) groups is 1. The summed E-state index contributed by atoms with van der Waals surface area (Å²) in [4.78, 5) is 21.6. The Morgan fingerprint density at radius 2 is 1.97 bits per heavy atom. The first-order valence-corrected chi connectivity index (χ1v) is 9.72. The van der Waals surface area contributed by atoms with E-state index in [1.165, 1.54) is 18.4 Å². The molecule has 0 atom stereocenters. The van der Waals surface area contributed by atoms with Gasteiger partial charge in [0.15, 0.2) is 5.13 Å². The number of fused-ring (bicyclic) bond motifs is 1. The number of amides is 1. The highest BCUT2D eigenvalue weighted by molar-refractivity contribution is 7.23. The van der Waals surface area contributed by atoms with E-state index in [1.54, 1.807) is 42.1 Å². The molecule has 1 aromatic carbocycles. The summed E-state index contributed by atoms with van der Waals surface area (Å²) in [5.74, 6) is 0.654. The molecule has 0 bridgehead atoms. The van der Waals surface area contributed by atoms with Crippen LogP contribution in [0, 0.1) is 0 Å². The predicted octanol–water partition coefficient (Wildman–Crippen LogP) is 3.33. The number of rotatable bonds is 7. The molecule has 29 heavy (non-hydrogen) atoms. The average molecular weight is 460 g/mol. The molecule has 0 unspecified atom stereocenters. The number of halogens is 2. The molecule has 0 fully saturated rings. The lowest BCUT2D eigenvalue weighted by molar-refractivity contribution is 0.0982. The summed E-state index contributed by atoms with van der Waals surface area (Å²) in [5.41, 5.74) is 1.01. The molecule has 0 aliphatic heterocycles. The van der Waals surface area contributed by atoms with Crippen molar-refractivity contribution in [2.45, 2.75) is 0 Å². The zero-order valence-electron chi connectivity index (χ0n) is 16.8. The number of methoxy groups -OCH3 is 2. The molecule has 0 radical (unpaired) electrons. The van der Waals surface area contributed by atoms with Gasteiger partial charge in [-0.15, -0.1) is 17.5 Å². The first kappa shape index (κ1) is 23.2. The van der Waals surface area contributed by atoms with Gasteiger partial charge < -0.3 is 14.4 Å². The second-order valence-corrected chi connectivity index (χ2v) is 7.79. The van der Waals surface area contributed by atoms with Crippen LogP contribution in [0.2, 0.25) is 5.02 Å². The number of benzene rings is 1. The van der Waals surface area contributed by atoms with Crippen molar-refractivity contribution in [1.82, 2.24) is 19.7 Å². The van der Waals surface area contributed by atoms with E-state index in [9.17, 15) is 4.79 Å². The summed E-state index contributed by atoms with van der Waals surface area (Å²) in [6.07, 6.45) is 1.64. The van der Waals surface area contributed by atoms with Crippen molar-refractivity contribution < 1.29 is 14.3 Å². The van der Waals surface area contributed by atoms with Gasteiger partial charge in [0.25, 0.3) is 5.91 Å². The third kappa shape index (κ3) is 4.75. The summed E-state index contributed by atoms with van der Waals surface area (Å²) < 4.78 is 13.0. The Kier molecular flexibility index (Phi) is 7.70. The highest BCUT2D eigenvalue weighted by Gasteiger charge is 2.27. The molecule has 2 aromatic heterocycles. The van der Waals surface area contributed by atoms with Gasteiger partial charge in [0.05, 0.1) is 23.9 Å². The molecular formula is C18H23Cl2N5O3S. The van der Waals surface area contributed by atoms with Crippen LogP contribution in [0.25, 0.3) is 10.2 Å². The first-order chi connectivity index (χ1) is 13.3. The molecule has 0 N–H and O–H groups in total. The molecule has 2 heterocycles. The zero-order valence-corrected chi connectivity index (χ0v) is 19.2. The Bertz CT molecular complexity index is 1000. The summed E-state index contributed by atoms with van der Waals surface area (Å²) in [6.45, 7) is 1.11. The average Bonchev–Trinajstić information content (AvgIpc) is 3.26. The Hall–Kier alpha value is -2.07. The van der Waals surface area contributed by atoms with Crippen LogP contribution in [0.1, 0.15) is 10.4 Å². The minimum atomic E-state index is -0.235. The lowest BCUT2D eigenvalue weighted by atomic mass is 10.3. The standard InChI is InChI=1S/C18H22ClN5O3S.ClH/c1-22(2)8-9-24(17(25)11-10-23(3)21-16(11)27-5)18-20-14-13(26-4)7-6-12(19)15(14)28-18;/h6-7,10H,8-9H2,1-5H3;1H. The fraction of sp³-hybridized carbons (Fsp3) is 0.389. The molecule has 8 nitrogen and oxygen atoms in total. The van der Waals surface area contributed by atoms with Crippen molar-refractivity contribution in [3.05, 3.63) is 28.9 Å². The normalized spacial score (nSPS) is 10.9. The maximum Gasteiger partial charge on any atom is 0.267 e. The highest BCUT2D eigenvalue weighted by atomic mass is 35.5. The summed E-state index contributed by atoms with van der Waals surface area (Å²) in [6, 6.07) is 3.53. The van der Waals surface area contributed by atoms with Gasteiger partial charge in [0.1, 0.15) is 16.8 Å². The minimum absolute atomic E-state index is 0. The van der Waals surface area contributed by atoms with Gasteiger partial charge >= 0.3 is 0 Å². The summed E-state index contributed by atoms with van der Waals surface area (Å²) in [5, 5.41) is 5.29. The van der Waals surface area contributed by atoms with Crippen LogP contribution in [0.15, 0.2) is 18.3 Å². The zero-order chi connectivity index (χ0) is 20.4. The second-order valence-electron chi connectivity index (χ2n) is 6.41. The quantitative estimate of drug-likeness (QED) is 0.539. The second kappa shape index (κ2) is 9.62. The molecule has 158 valence electrons. The number of ether oxygens (including phenoxy) is 2. The maximum absolute atomic E-state index is 13.3. The van der Waals surface area contributed by atoms with Crippen molar-refractivity contribution in [2.24, 2.45) is 7.05 Å². The van der Waals surface area contributed by atoms with Crippen LogP contribution in [0.5, 0.6) is 11.6 Å². The molecule has 0 saturated heterocycles. The van der Waals surface area contributed by atoms with Gasteiger partial charge in [-0.3, -0.25) is 14.4 Å². The number of hydrogen-bond acceptors (Lipinski definition) is 7. The Balaban J connectivity index is 0.00000300. The van der Waals surface area contributed by atoms with E-state index in [-0.39, 0.29) is 24.2 Å². The van der Waals surface area contributed by atoms with Crippen LogP contribution in [0.3, 0.4) is 0 Å². The summed E-state index contributed by atoms with van der Waals surface area (Å²) >= 11 is 7.70. The van der Waals surface area contributed by atoms with Crippen LogP contribution < -0.4 is 14.4 Å². The number of likely N-dealkylation sites (N-methyl/N-ethyl adjacent to an activating group) is 1. The number of nitrogens with zero attached hydrogens (tertiary/aromatic N) is 5. The first-order valence-electron chi connectivity index (χ1n) is 8.53. The van der Waals surface area contributed by atoms with Crippen molar-refractivity contribution in [3.63, 3.8) is 0 Å². The molecule has 3 aromatic rings. The molecule has 0 spiro atoms. The lowest BCUT2D eigenvalue weighted by Gasteiger charge is -2.21. The monoisotopic (exact) mass is 459 g/mol. The summed E-state index contributed by atoms with van der Waals surface area (Å²) in [7, 11) is 8.71. The van der Waals surface area contributed by atoms with Crippen molar-refractivity contribution in [3.8, 4) is 11.6 Å². The topological polar surface area (TPSA) is 72.7 Å². The number of anilines is 1. The Morgan fingerprint density at radius 3 is 2.59 bits per heavy atom. The SMILES string of the molecule is COc1nn(C)cc1C(=O)N(CCN(C)C)c1nc2c(OC)ccc(Cl)c2s1.Cl. The van der Waals surface area contributed by atoms with Crippen LogP contribution in [-0.4, -0.2) is 67.0 Å². The largest absolute Gasteiger partial charge is 0.494 e. The van der Waals surface area contributed by atoms with Gasteiger partial charge in [-0.1, -0.05) is 22.9 Å². The number of thiazole rings is 1. The molecule has 0 saturated carbocycles. The fourth-order valence-corrected chi connectivity index (χ4v) is 4.00. The fourth-order valence-electron chi connectivity index (χ4n) is 2.72. The van der Waals surface area contributed by atoms with E-state index in [4.69, 9.17) is 21.1 Å². The highest BCUT2D eigenvalue weighted by Crippen LogP contribution is 2.39. The Labute approximate surface area is 184 Å². The van der Waals surface area contributed by atoms with E-state index in [0.29, 0.717) is 40.1 Å². The van der Waals surface area contributed by atoms with Crippen LogP contribution in [0.4, 0.5) is 5.13 Å². The van der Waals surface area contributed by atoms with E-state index in [0.717, 1.165) is 4.70 Å². The molecule has 0 aliphatic rings. The smallest absolute Gasteiger partial charge is 0.267 e. The van der Waals surface area contributed by atoms with Gasteiger partial charge in [-0.25, -0.2) is 4.98 Å². The Morgan fingerprint density at radius 1 is 1.24 bits per heavy atom. The number of hydrogen-bond donors (Lipinski definition) is 0. The van der Waals surface area contributed by atoms with E-state index < -0.39 is 0 Å². The minimum Gasteiger partial charge on any atom is -0.494 e. The third-order valence-corrected chi connectivity index (χ3v) is 5.67. The van der Waals surface area contributed by atoms with Gasteiger partial charge in [-0.05, 0) is 26.2 Å². The van der Waals surface area contributed by atoms with E-state index in [1.807, 2.05) is 19.0 Å². The van der Waals surface area contributed by atoms with E-state index >= 15 is 0 Å². The predicted molar refractivity (Wildman–Crippen MR) is 118 cm³/mol. The van der Waals surface area contributed by atoms with Crippen LogP contribution in [-0.2, 0) is 7.05 Å². The number of carbonyl (C=O) groups excluding carboxylic acids is 1. The lowest BCUT2D eigenvalue weighted by Crippen LogP contribution is -2.36. The molecular weight excluding hydrogens is 437 g/mol. The molecule has 3 rings (SSSR count). The number of aryl methyl sites for hydroxylation is 1. The van der Waals surface area contributed by atoms with Gasteiger partial charge in [0, 0.05) is 26.3 Å². The van der Waals surface area contributed by atoms with E-state index in [2.05, 4.69) is 10.1 Å². The van der Waals surface area contributed by atoms with Crippen LogP contribution >= 0.6 is 35.3 Å². The maximum atomic E-state index is 13.3. The third-order valence-electron chi connectivity index (χ3n) is 4.13. The van der Waals surface area contributed by atoms with Crippen molar-refractivity contribution in [2.75, 3.05) is 46.3 Å². The molecule has 11 heteroatoms. The van der Waals surface area contributed by atoms with Gasteiger partial charge in [0.2, 0.25) is 5.88 Å². The number of aromatic nitrogens is 3.